The van der Waals surface area contributed by atoms with E-state index in [1.54, 1.807) is 17.0 Å². The molecule has 1 N–H and O–H groups in total. The number of esters is 1. The van der Waals surface area contributed by atoms with Crippen LogP contribution in [0.2, 0.25) is 0 Å². The largest absolute Gasteiger partial charge is 0.467 e. The van der Waals surface area contributed by atoms with Crippen LogP contribution >= 0.6 is 0 Å². The van der Waals surface area contributed by atoms with Crippen molar-refractivity contribution in [1.29, 1.82) is 0 Å². The second-order valence-corrected chi connectivity index (χ2v) is 6.12. The third-order valence-corrected chi connectivity index (χ3v) is 4.15. The molecule has 1 aromatic heterocycles. The van der Waals surface area contributed by atoms with E-state index in [2.05, 4.69) is 5.32 Å². The molecule has 2 heterocycles. The average Bonchev–Trinajstić information content (AvgIpc) is 3.29. The van der Waals surface area contributed by atoms with Crippen LogP contribution in [0.25, 0.3) is 0 Å². The minimum Gasteiger partial charge on any atom is -0.467 e. The Morgan fingerprint density at radius 1 is 1.19 bits per heavy atom. The highest BCUT2D eigenvalue weighted by Crippen LogP contribution is 2.21. The minimum atomic E-state index is -0.556. The Morgan fingerprint density at radius 3 is 2.73 bits per heavy atom. The van der Waals surface area contributed by atoms with E-state index in [0.717, 1.165) is 5.56 Å². The van der Waals surface area contributed by atoms with Crippen molar-refractivity contribution in [3.63, 3.8) is 0 Å². The molecule has 7 heteroatoms. The fraction of sp³-hybridized carbons (Fsp3) is 0.316. The number of hydrogen-bond donors (Lipinski definition) is 1. The number of likely N-dealkylation sites (tertiary alicyclic amines) is 1. The van der Waals surface area contributed by atoms with Crippen LogP contribution in [0.4, 0.5) is 0 Å². The van der Waals surface area contributed by atoms with Gasteiger partial charge in [0.1, 0.15) is 5.76 Å². The van der Waals surface area contributed by atoms with Crippen molar-refractivity contribution in [3.8, 4) is 0 Å². The Labute approximate surface area is 150 Å². The fourth-order valence-corrected chi connectivity index (χ4v) is 2.78. The molecule has 0 aliphatic carbocycles. The van der Waals surface area contributed by atoms with E-state index in [1.165, 1.54) is 6.26 Å². The number of furan rings is 1. The summed E-state index contributed by atoms with van der Waals surface area (Å²) in [6, 6.07) is 13.0. The van der Waals surface area contributed by atoms with Gasteiger partial charge in [0.25, 0.3) is 5.91 Å². The fourth-order valence-electron chi connectivity index (χ4n) is 2.78. The smallest absolute Gasteiger partial charge is 0.311 e. The predicted octanol–water partition coefficient (Wildman–Crippen LogP) is 1.49. The van der Waals surface area contributed by atoms with Crippen molar-refractivity contribution in [1.82, 2.24) is 10.2 Å². The number of ether oxygens (including phenoxy) is 1. The number of hydrogen-bond acceptors (Lipinski definition) is 5. The lowest BCUT2D eigenvalue weighted by Crippen LogP contribution is -2.31. The van der Waals surface area contributed by atoms with Gasteiger partial charge in [0.2, 0.25) is 5.91 Å². The second kappa shape index (κ2) is 8.33. The monoisotopic (exact) mass is 356 g/mol. The lowest BCUT2D eigenvalue weighted by molar-refractivity contribution is -0.152. The van der Waals surface area contributed by atoms with E-state index >= 15 is 0 Å². The Hall–Kier alpha value is -3.09. The van der Waals surface area contributed by atoms with Gasteiger partial charge >= 0.3 is 5.97 Å². The zero-order valence-corrected chi connectivity index (χ0v) is 14.2. The molecule has 0 bridgehead atoms. The average molecular weight is 356 g/mol. The van der Waals surface area contributed by atoms with Gasteiger partial charge in [0.15, 0.2) is 6.61 Å². The second-order valence-electron chi connectivity index (χ2n) is 6.12. The summed E-state index contributed by atoms with van der Waals surface area (Å²) in [4.78, 5) is 37.5. The van der Waals surface area contributed by atoms with Crippen LogP contribution in [0.5, 0.6) is 0 Å². The molecule has 1 aliphatic rings. The normalized spacial score (nSPS) is 16.5. The molecule has 1 saturated heterocycles. The standard InChI is InChI=1S/C19H20N2O5/c22-17(20-10-14-5-2-1-3-6-14)13-26-19(24)15-9-18(23)21(11-15)12-16-7-4-8-25-16/h1-8,15H,9-13H2,(H,20,22)/t15-/m0/s1. The summed E-state index contributed by atoms with van der Waals surface area (Å²) in [5, 5.41) is 2.69. The highest BCUT2D eigenvalue weighted by molar-refractivity contribution is 5.88. The maximum Gasteiger partial charge on any atom is 0.311 e. The molecule has 0 radical (unpaired) electrons. The molecule has 3 rings (SSSR count). The number of amides is 2. The molecule has 0 spiro atoms. The summed E-state index contributed by atoms with van der Waals surface area (Å²) >= 11 is 0. The number of rotatable bonds is 7. The molecule has 7 nitrogen and oxygen atoms in total. The zero-order chi connectivity index (χ0) is 18.4. The number of nitrogens with one attached hydrogen (secondary N) is 1. The van der Waals surface area contributed by atoms with Crippen molar-refractivity contribution in [2.24, 2.45) is 5.92 Å². The number of carbonyl (C=O) groups excluding carboxylic acids is 3. The maximum absolute atomic E-state index is 12.1. The van der Waals surface area contributed by atoms with Gasteiger partial charge < -0.3 is 19.4 Å². The van der Waals surface area contributed by atoms with E-state index in [0.29, 0.717) is 18.8 Å². The zero-order valence-electron chi connectivity index (χ0n) is 14.2. The molecule has 1 aliphatic heterocycles. The van der Waals surface area contributed by atoms with Crippen LogP contribution in [-0.2, 0) is 32.2 Å². The Balaban J connectivity index is 1.40. The van der Waals surface area contributed by atoms with Gasteiger partial charge in [0.05, 0.1) is 18.7 Å². The highest BCUT2D eigenvalue weighted by Gasteiger charge is 2.35. The lowest BCUT2D eigenvalue weighted by Gasteiger charge is -2.14. The molecule has 2 amide bonds. The Kier molecular flexibility index (Phi) is 5.68. The first-order valence-electron chi connectivity index (χ1n) is 8.39. The van der Waals surface area contributed by atoms with Crippen molar-refractivity contribution in [2.75, 3.05) is 13.2 Å². The molecule has 136 valence electrons. The van der Waals surface area contributed by atoms with Gasteiger partial charge in [-0.3, -0.25) is 14.4 Å². The van der Waals surface area contributed by atoms with Gasteiger partial charge in [-0.2, -0.15) is 0 Å². The van der Waals surface area contributed by atoms with Gasteiger partial charge in [-0.25, -0.2) is 0 Å². The first-order chi connectivity index (χ1) is 12.6. The molecular weight excluding hydrogens is 336 g/mol. The van der Waals surface area contributed by atoms with E-state index in [1.807, 2.05) is 30.3 Å². The van der Waals surface area contributed by atoms with Crippen molar-refractivity contribution >= 4 is 17.8 Å². The summed E-state index contributed by atoms with van der Waals surface area (Å²) in [5.74, 6) is -0.932. The first-order valence-corrected chi connectivity index (χ1v) is 8.39. The number of nitrogens with zero attached hydrogens (tertiary/aromatic N) is 1. The van der Waals surface area contributed by atoms with Gasteiger partial charge in [-0.05, 0) is 17.7 Å². The van der Waals surface area contributed by atoms with E-state index in [-0.39, 0.29) is 31.4 Å². The van der Waals surface area contributed by atoms with Gasteiger partial charge in [-0.1, -0.05) is 30.3 Å². The topological polar surface area (TPSA) is 88.9 Å². The maximum atomic E-state index is 12.1. The number of benzene rings is 1. The van der Waals surface area contributed by atoms with Crippen LogP contribution in [0.3, 0.4) is 0 Å². The SMILES string of the molecule is O=C(COC(=O)[C@H]1CC(=O)N(Cc2ccco2)C1)NCc1ccccc1. The van der Waals surface area contributed by atoms with E-state index < -0.39 is 11.9 Å². The van der Waals surface area contributed by atoms with Crippen LogP contribution in [0.15, 0.2) is 53.1 Å². The van der Waals surface area contributed by atoms with E-state index in [4.69, 9.17) is 9.15 Å². The molecule has 1 fully saturated rings. The Morgan fingerprint density at radius 2 is 2.00 bits per heavy atom. The summed E-state index contributed by atoms with van der Waals surface area (Å²) in [5.41, 5.74) is 0.960. The number of carbonyl (C=O) groups is 3. The van der Waals surface area contributed by atoms with Crippen LogP contribution in [-0.4, -0.2) is 35.8 Å². The summed E-state index contributed by atoms with van der Waals surface area (Å²) in [7, 11) is 0. The predicted molar refractivity (Wildman–Crippen MR) is 91.5 cm³/mol. The molecular formula is C19H20N2O5. The third kappa shape index (κ3) is 4.72. The summed E-state index contributed by atoms with van der Waals surface area (Å²) < 4.78 is 10.3. The quantitative estimate of drug-likeness (QED) is 0.759. The molecule has 0 saturated carbocycles. The lowest BCUT2D eigenvalue weighted by atomic mass is 10.1. The molecule has 1 atom stereocenters. The highest BCUT2D eigenvalue weighted by atomic mass is 16.5. The van der Waals surface area contributed by atoms with E-state index in [9.17, 15) is 14.4 Å². The molecule has 0 unspecified atom stereocenters. The summed E-state index contributed by atoms with van der Waals surface area (Å²) in [6.45, 7) is 0.613. The summed E-state index contributed by atoms with van der Waals surface area (Å²) in [6.07, 6.45) is 1.63. The van der Waals surface area contributed by atoms with Gasteiger partial charge in [0, 0.05) is 19.5 Å². The molecule has 2 aromatic rings. The first kappa shape index (κ1) is 17.7. The molecule has 1 aromatic carbocycles. The van der Waals surface area contributed by atoms with Crippen molar-refractivity contribution in [2.45, 2.75) is 19.5 Å². The Bertz CT molecular complexity index is 758. The van der Waals surface area contributed by atoms with Crippen LogP contribution in [0.1, 0.15) is 17.7 Å². The van der Waals surface area contributed by atoms with Crippen molar-refractivity contribution < 1.29 is 23.5 Å². The van der Waals surface area contributed by atoms with Gasteiger partial charge in [-0.15, -0.1) is 0 Å². The van der Waals surface area contributed by atoms with Crippen LogP contribution < -0.4 is 5.32 Å². The molecule has 26 heavy (non-hydrogen) atoms. The van der Waals surface area contributed by atoms with Crippen molar-refractivity contribution in [3.05, 3.63) is 60.1 Å². The third-order valence-electron chi connectivity index (χ3n) is 4.15. The van der Waals surface area contributed by atoms with Crippen LogP contribution in [0, 0.1) is 5.92 Å². The minimum absolute atomic E-state index is 0.0885.